The molecule has 1 saturated heterocycles. The van der Waals surface area contributed by atoms with Gasteiger partial charge in [-0.05, 0) is 64.2 Å². The van der Waals surface area contributed by atoms with Gasteiger partial charge in [0.05, 0.1) is 34.2 Å². The lowest BCUT2D eigenvalue weighted by Crippen LogP contribution is -2.54. The Bertz CT molecular complexity index is 3310. The van der Waals surface area contributed by atoms with E-state index in [0.717, 1.165) is 33.2 Å². The second-order valence-electron chi connectivity index (χ2n) is 15.0. The highest BCUT2D eigenvalue weighted by atomic mass is 32.1. The van der Waals surface area contributed by atoms with Crippen molar-refractivity contribution in [1.29, 1.82) is 0 Å². The van der Waals surface area contributed by atoms with Crippen LogP contribution in [0.4, 0.5) is 0 Å². The first kappa shape index (κ1) is 32.7. The van der Waals surface area contributed by atoms with Crippen molar-refractivity contribution in [2.45, 2.75) is 18.5 Å². The van der Waals surface area contributed by atoms with Gasteiger partial charge in [0.1, 0.15) is 11.2 Å². The Balaban J connectivity index is 0.954. The van der Waals surface area contributed by atoms with Crippen LogP contribution >= 0.6 is 11.3 Å². The Morgan fingerprint density at radius 3 is 1.84 bits per heavy atom. The zero-order valence-corrected chi connectivity index (χ0v) is 31.6. The molecule has 1 fully saturated rings. The maximum atomic E-state index is 6.79. The van der Waals surface area contributed by atoms with E-state index < -0.39 is 0 Å². The number of nitrogens with zero attached hydrogens (tertiary/aromatic N) is 1. The van der Waals surface area contributed by atoms with Crippen molar-refractivity contribution >= 4 is 75.3 Å². The lowest BCUT2D eigenvalue weighted by molar-refractivity contribution is 0.203. The number of hydrogen-bond donors (Lipinski definition) is 3. The van der Waals surface area contributed by atoms with Crippen molar-refractivity contribution in [2.24, 2.45) is 0 Å². The minimum atomic E-state index is -0.142. The molecule has 6 heteroatoms. The van der Waals surface area contributed by atoms with Crippen molar-refractivity contribution in [2.75, 3.05) is 0 Å². The lowest BCUT2D eigenvalue weighted by Gasteiger charge is -2.39. The molecular weight excluding hydrogens is 717 g/mol. The fourth-order valence-corrected chi connectivity index (χ4v) is 10.2. The largest absolute Gasteiger partial charge is 0.456 e. The van der Waals surface area contributed by atoms with Gasteiger partial charge in [-0.25, -0.2) is 0 Å². The summed E-state index contributed by atoms with van der Waals surface area (Å²) >= 11 is 1.87. The van der Waals surface area contributed by atoms with Gasteiger partial charge in [0.2, 0.25) is 0 Å². The fraction of sp³-hybridized carbons (Fsp3) is 0.0588. The van der Waals surface area contributed by atoms with E-state index in [1.165, 1.54) is 64.2 Å². The first-order valence-electron chi connectivity index (χ1n) is 19.5. The molecule has 0 radical (unpaired) electrons. The standard InChI is InChI=1S/C51H36N4OS/c1-3-12-31(13-4-1)33-16-11-17-34(28-33)50-52-49(32-14-5-2-6-15-32)53-51(54-50)35-22-24-38-39-25-23-36(30-45(39)56-44(38)29-35)55-43-20-9-7-18-37(43)41-26-27-42-40-19-8-10-21-46(40)57-48(42)47(41)55/h1-30,49-54H. The molecule has 3 N–H and O–H groups in total. The van der Waals surface area contributed by atoms with E-state index in [1.54, 1.807) is 0 Å². The van der Waals surface area contributed by atoms with Gasteiger partial charge in [-0.1, -0.05) is 140 Å². The van der Waals surface area contributed by atoms with Crippen LogP contribution in [-0.2, 0) is 0 Å². The number of aromatic nitrogens is 1. The van der Waals surface area contributed by atoms with E-state index in [4.69, 9.17) is 4.42 Å². The molecule has 11 aromatic rings. The maximum absolute atomic E-state index is 6.79. The molecule has 0 spiro atoms. The summed E-state index contributed by atoms with van der Waals surface area (Å²) in [4.78, 5) is 0. The molecule has 1 aliphatic rings. The van der Waals surface area contributed by atoms with E-state index in [2.05, 4.69) is 203 Å². The number of rotatable bonds is 5. The molecule has 4 heterocycles. The van der Waals surface area contributed by atoms with Crippen LogP contribution in [0.3, 0.4) is 0 Å². The molecular formula is C51H36N4OS. The third-order valence-electron chi connectivity index (χ3n) is 11.7. The van der Waals surface area contributed by atoms with Crippen molar-refractivity contribution in [3.8, 4) is 16.8 Å². The van der Waals surface area contributed by atoms with Crippen LogP contribution < -0.4 is 16.0 Å². The number of hydrogen-bond acceptors (Lipinski definition) is 5. The van der Waals surface area contributed by atoms with Gasteiger partial charge in [0, 0.05) is 48.8 Å². The third kappa shape index (κ3) is 5.34. The third-order valence-corrected chi connectivity index (χ3v) is 12.9. The van der Waals surface area contributed by atoms with Crippen molar-refractivity contribution in [3.05, 3.63) is 199 Å². The van der Waals surface area contributed by atoms with Crippen LogP contribution in [0.1, 0.15) is 35.2 Å². The molecule has 12 rings (SSSR count). The molecule has 1 aliphatic heterocycles. The molecule has 3 aromatic heterocycles. The summed E-state index contributed by atoms with van der Waals surface area (Å²) in [6.07, 6.45) is -0.315. The van der Waals surface area contributed by atoms with Crippen LogP contribution in [0.25, 0.3) is 80.7 Å². The van der Waals surface area contributed by atoms with Crippen LogP contribution in [0.5, 0.6) is 0 Å². The Morgan fingerprint density at radius 1 is 0.421 bits per heavy atom. The Morgan fingerprint density at radius 2 is 1.02 bits per heavy atom. The molecule has 272 valence electrons. The number of fused-ring (bicyclic) bond motifs is 10. The highest BCUT2D eigenvalue weighted by Gasteiger charge is 2.30. The molecule has 8 aromatic carbocycles. The fourth-order valence-electron chi connectivity index (χ4n) is 9.00. The van der Waals surface area contributed by atoms with Crippen molar-refractivity contribution < 1.29 is 4.42 Å². The second kappa shape index (κ2) is 13.0. The summed E-state index contributed by atoms with van der Waals surface area (Å²) in [7, 11) is 0. The summed E-state index contributed by atoms with van der Waals surface area (Å²) in [5.41, 5.74) is 11.1. The number of nitrogens with one attached hydrogen (secondary N) is 3. The first-order valence-corrected chi connectivity index (χ1v) is 20.3. The Labute approximate surface area is 332 Å². The molecule has 0 bridgehead atoms. The molecule has 5 nitrogen and oxygen atoms in total. The van der Waals surface area contributed by atoms with Gasteiger partial charge in [0.15, 0.2) is 0 Å². The van der Waals surface area contributed by atoms with Crippen molar-refractivity contribution in [1.82, 2.24) is 20.5 Å². The smallest absolute Gasteiger partial charge is 0.137 e. The topological polar surface area (TPSA) is 54.2 Å². The van der Waals surface area contributed by atoms with Crippen LogP contribution in [0.2, 0.25) is 0 Å². The molecule has 0 saturated carbocycles. The van der Waals surface area contributed by atoms with Crippen LogP contribution in [-0.4, -0.2) is 4.57 Å². The van der Waals surface area contributed by atoms with Gasteiger partial charge in [-0.3, -0.25) is 16.0 Å². The number of furan rings is 1. The normalized spacial score (nSPS) is 17.4. The van der Waals surface area contributed by atoms with E-state index >= 15 is 0 Å². The first-order chi connectivity index (χ1) is 28.2. The zero-order chi connectivity index (χ0) is 37.5. The highest BCUT2D eigenvalue weighted by molar-refractivity contribution is 7.26. The molecule has 0 amide bonds. The Hall–Kier alpha value is -6.54. The summed E-state index contributed by atoms with van der Waals surface area (Å²) in [6, 6.07) is 65.4. The van der Waals surface area contributed by atoms with E-state index in [-0.39, 0.29) is 18.5 Å². The Kier molecular flexibility index (Phi) is 7.46. The average molecular weight is 753 g/mol. The summed E-state index contributed by atoms with van der Waals surface area (Å²) in [6.45, 7) is 0. The van der Waals surface area contributed by atoms with Gasteiger partial charge < -0.3 is 8.98 Å². The zero-order valence-electron chi connectivity index (χ0n) is 30.8. The molecule has 3 atom stereocenters. The molecule has 3 unspecified atom stereocenters. The maximum Gasteiger partial charge on any atom is 0.137 e. The van der Waals surface area contributed by atoms with Crippen LogP contribution in [0, 0.1) is 0 Å². The monoisotopic (exact) mass is 752 g/mol. The highest BCUT2D eigenvalue weighted by Crippen LogP contribution is 2.43. The summed E-state index contributed by atoms with van der Waals surface area (Å²) in [5.74, 6) is 0. The number of benzene rings is 8. The second-order valence-corrected chi connectivity index (χ2v) is 16.1. The van der Waals surface area contributed by atoms with Gasteiger partial charge >= 0.3 is 0 Å². The minimum absolute atomic E-state index is 0.0737. The molecule has 57 heavy (non-hydrogen) atoms. The van der Waals surface area contributed by atoms with Gasteiger partial charge in [-0.15, -0.1) is 11.3 Å². The molecule has 0 aliphatic carbocycles. The predicted molar refractivity (Wildman–Crippen MR) is 237 cm³/mol. The SMILES string of the molecule is c1ccc(-c2cccc(C3NC(c4ccccc4)NC(c4ccc5c(c4)oc4cc(-n6c7ccccc7c7ccc8c9ccccc9sc8c76)ccc45)N3)c2)cc1. The quantitative estimate of drug-likeness (QED) is 0.164. The number of para-hydroxylation sites is 1. The minimum Gasteiger partial charge on any atom is -0.456 e. The van der Waals surface area contributed by atoms with Gasteiger partial charge in [-0.2, -0.15) is 0 Å². The lowest BCUT2D eigenvalue weighted by atomic mass is 10.00. The summed E-state index contributed by atoms with van der Waals surface area (Å²) < 4.78 is 11.8. The summed E-state index contributed by atoms with van der Waals surface area (Å²) in [5, 5.41) is 18.9. The van der Waals surface area contributed by atoms with Crippen LogP contribution in [0.15, 0.2) is 186 Å². The van der Waals surface area contributed by atoms with Crippen molar-refractivity contribution in [3.63, 3.8) is 0 Å². The predicted octanol–water partition coefficient (Wildman–Crippen LogP) is 12.9. The van der Waals surface area contributed by atoms with E-state index in [1.807, 2.05) is 11.3 Å². The van der Waals surface area contributed by atoms with Gasteiger partial charge in [0.25, 0.3) is 0 Å². The van der Waals surface area contributed by atoms with E-state index in [0.29, 0.717) is 0 Å². The number of thiophene rings is 1. The van der Waals surface area contributed by atoms with E-state index in [9.17, 15) is 0 Å². The average Bonchev–Trinajstić information content (AvgIpc) is 3.96.